The van der Waals surface area contributed by atoms with Gasteiger partial charge < -0.3 is 10.2 Å². The molecule has 16 heavy (non-hydrogen) atoms. The largest absolute Gasteiger partial charge is 0.389 e. The second-order valence-electron chi connectivity index (χ2n) is 4.53. The first-order valence-corrected chi connectivity index (χ1v) is 5.97. The molecule has 2 atom stereocenters. The van der Waals surface area contributed by atoms with E-state index in [2.05, 4.69) is 10.2 Å². The predicted octanol–water partition coefficient (Wildman–Crippen LogP) is 2.26. The van der Waals surface area contributed by atoms with Crippen molar-refractivity contribution in [3.05, 3.63) is 0 Å². The summed E-state index contributed by atoms with van der Waals surface area (Å²) in [5.74, 6) is -0.252. The molecule has 5 heteroatoms. The van der Waals surface area contributed by atoms with Crippen molar-refractivity contribution in [3.63, 3.8) is 0 Å². The fourth-order valence-corrected chi connectivity index (χ4v) is 2.47. The van der Waals surface area contributed by atoms with Gasteiger partial charge in [-0.15, -0.1) is 0 Å². The van der Waals surface area contributed by atoms with Crippen molar-refractivity contribution in [1.82, 2.24) is 10.2 Å². The maximum atomic E-state index is 12.3. The number of nitrogens with zero attached hydrogens (tertiary/aromatic N) is 1. The molecule has 1 N–H and O–H groups in total. The first kappa shape index (κ1) is 13.8. The van der Waals surface area contributed by atoms with Crippen molar-refractivity contribution in [2.45, 2.75) is 38.9 Å². The van der Waals surface area contributed by atoms with Gasteiger partial charge in [-0.05, 0) is 25.4 Å². The molecule has 0 saturated carbocycles. The van der Waals surface area contributed by atoms with Gasteiger partial charge in [0.2, 0.25) is 0 Å². The van der Waals surface area contributed by atoms with Crippen molar-refractivity contribution < 1.29 is 13.2 Å². The summed E-state index contributed by atoms with van der Waals surface area (Å²) in [5, 5.41) is 3.26. The number of hydrogen-bond donors (Lipinski definition) is 1. The Labute approximate surface area is 95.2 Å². The Morgan fingerprint density at radius 1 is 1.25 bits per heavy atom. The SMILES string of the molecule is CCNC1CC(CC(F)(F)F)CN(CC)C1. The average molecular weight is 238 g/mol. The van der Waals surface area contributed by atoms with Crippen LogP contribution in [0.15, 0.2) is 0 Å². The minimum absolute atomic E-state index is 0.214. The number of halogens is 3. The molecule has 0 aromatic carbocycles. The molecule has 1 rings (SSSR count). The molecular weight excluding hydrogens is 217 g/mol. The lowest BCUT2D eigenvalue weighted by Crippen LogP contribution is -2.49. The molecule has 0 amide bonds. The lowest BCUT2D eigenvalue weighted by Gasteiger charge is -2.37. The van der Waals surface area contributed by atoms with Crippen molar-refractivity contribution in [2.75, 3.05) is 26.2 Å². The molecular formula is C11H21F3N2. The van der Waals surface area contributed by atoms with E-state index < -0.39 is 12.6 Å². The summed E-state index contributed by atoms with van der Waals surface area (Å²) in [6.45, 7) is 7.09. The summed E-state index contributed by atoms with van der Waals surface area (Å²) < 4.78 is 37.0. The maximum absolute atomic E-state index is 12.3. The maximum Gasteiger partial charge on any atom is 0.389 e. The minimum Gasteiger partial charge on any atom is -0.313 e. The molecule has 0 radical (unpaired) electrons. The molecule has 2 unspecified atom stereocenters. The van der Waals surface area contributed by atoms with Crippen LogP contribution in [0.4, 0.5) is 13.2 Å². The first-order chi connectivity index (χ1) is 7.44. The third-order valence-electron chi connectivity index (χ3n) is 3.07. The third-order valence-corrected chi connectivity index (χ3v) is 3.07. The van der Waals surface area contributed by atoms with Crippen LogP contribution in [0, 0.1) is 5.92 Å². The molecule has 0 aromatic rings. The van der Waals surface area contributed by atoms with E-state index in [1.807, 2.05) is 13.8 Å². The second kappa shape index (κ2) is 5.87. The van der Waals surface area contributed by atoms with Crippen LogP contribution in [-0.2, 0) is 0 Å². The van der Waals surface area contributed by atoms with Crippen LogP contribution < -0.4 is 5.32 Å². The Kier molecular flexibility index (Phi) is 5.05. The number of hydrogen-bond acceptors (Lipinski definition) is 2. The summed E-state index contributed by atoms with van der Waals surface area (Å²) in [5.41, 5.74) is 0. The molecule has 1 aliphatic heterocycles. The highest BCUT2D eigenvalue weighted by Gasteiger charge is 2.35. The van der Waals surface area contributed by atoms with Gasteiger partial charge in [0.1, 0.15) is 0 Å². The second-order valence-corrected chi connectivity index (χ2v) is 4.53. The molecule has 1 aliphatic rings. The van der Waals surface area contributed by atoms with E-state index in [0.717, 1.165) is 19.6 Å². The smallest absolute Gasteiger partial charge is 0.313 e. The number of nitrogens with one attached hydrogen (secondary N) is 1. The van der Waals surface area contributed by atoms with E-state index >= 15 is 0 Å². The normalized spacial score (nSPS) is 28.3. The molecule has 96 valence electrons. The summed E-state index contributed by atoms with van der Waals surface area (Å²) >= 11 is 0. The number of piperidine rings is 1. The molecule has 2 nitrogen and oxygen atoms in total. The van der Waals surface area contributed by atoms with Gasteiger partial charge in [-0.1, -0.05) is 13.8 Å². The van der Waals surface area contributed by atoms with Crippen LogP contribution in [0.3, 0.4) is 0 Å². The zero-order valence-electron chi connectivity index (χ0n) is 9.98. The number of alkyl halides is 3. The van der Waals surface area contributed by atoms with Crippen molar-refractivity contribution >= 4 is 0 Å². The molecule has 1 saturated heterocycles. The van der Waals surface area contributed by atoms with E-state index in [1.165, 1.54) is 0 Å². The van der Waals surface area contributed by atoms with Gasteiger partial charge in [-0.3, -0.25) is 0 Å². The fourth-order valence-electron chi connectivity index (χ4n) is 2.47. The number of likely N-dealkylation sites (N-methyl/N-ethyl adjacent to an activating group) is 2. The lowest BCUT2D eigenvalue weighted by atomic mass is 9.91. The van der Waals surface area contributed by atoms with Gasteiger partial charge in [0.05, 0.1) is 0 Å². The number of likely N-dealkylation sites (tertiary alicyclic amines) is 1. The third kappa shape index (κ3) is 4.70. The predicted molar refractivity (Wildman–Crippen MR) is 58.4 cm³/mol. The van der Waals surface area contributed by atoms with Crippen LogP contribution in [0.2, 0.25) is 0 Å². The van der Waals surface area contributed by atoms with Crippen LogP contribution in [0.5, 0.6) is 0 Å². The molecule has 0 spiro atoms. The van der Waals surface area contributed by atoms with Crippen molar-refractivity contribution in [3.8, 4) is 0 Å². The van der Waals surface area contributed by atoms with Crippen LogP contribution in [0.25, 0.3) is 0 Å². The zero-order chi connectivity index (χ0) is 12.2. The summed E-state index contributed by atoms with van der Waals surface area (Å²) in [4.78, 5) is 2.10. The van der Waals surface area contributed by atoms with E-state index in [9.17, 15) is 13.2 Å². The molecule has 1 heterocycles. The van der Waals surface area contributed by atoms with Crippen LogP contribution >= 0.6 is 0 Å². The number of rotatable bonds is 4. The zero-order valence-corrected chi connectivity index (χ0v) is 9.98. The van der Waals surface area contributed by atoms with E-state index in [0.29, 0.717) is 13.0 Å². The van der Waals surface area contributed by atoms with Gasteiger partial charge in [0.25, 0.3) is 0 Å². The highest BCUT2D eigenvalue weighted by atomic mass is 19.4. The summed E-state index contributed by atoms with van der Waals surface area (Å²) in [6.07, 6.45) is -4.03. The van der Waals surface area contributed by atoms with Gasteiger partial charge in [-0.25, -0.2) is 0 Å². The summed E-state index contributed by atoms with van der Waals surface area (Å²) in [6, 6.07) is 0.214. The highest BCUT2D eigenvalue weighted by molar-refractivity contribution is 4.83. The molecule has 0 bridgehead atoms. The Bertz CT molecular complexity index is 206. The van der Waals surface area contributed by atoms with Gasteiger partial charge >= 0.3 is 6.18 Å². The standard InChI is InChI=1S/C11H21F3N2/c1-3-15-10-5-9(6-11(12,13)14)7-16(4-2)8-10/h9-10,15H,3-8H2,1-2H3. The van der Waals surface area contributed by atoms with Gasteiger partial charge in [0.15, 0.2) is 0 Å². The quantitative estimate of drug-likeness (QED) is 0.808. The van der Waals surface area contributed by atoms with Crippen LogP contribution in [-0.4, -0.2) is 43.3 Å². The summed E-state index contributed by atoms with van der Waals surface area (Å²) in [7, 11) is 0. The first-order valence-electron chi connectivity index (χ1n) is 5.97. The monoisotopic (exact) mass is 238 g/mol. The average Bonchev–Trinajstić information content (AvgIpc) is 2.15. The van der Waals surface area contributed by atoms with E-state index in [-0.39, 0.29) is 12.0 Å². The lowest BCUT2D eigenvalue weighted by molar-refractivity contribution is -0.148. The fraction of sp³-hybridized carbons (Fsp3) is 1.00. The van der Waals surface area contributed by atoms with Crippen LogP contribution in [0.1, 0.15) is 26.7 Å². The Morgan fingerprint density at radius 3 is 2.44 bits per heavy atom. The minimum atomic E-state index is -4.03. The van der Waals surface area contributed by atoms with Crippen molar-refractivity contribution in [2.24, 2.45) is 5.92 Å². The highest BCUT2D eigenvalue weighted by Crippen LogP contribution is 2.30. The Hall–Kier alpha value is -0.290. The van der Waals surface area contributed by atoms with Gasteiger partial charge in [-0.2, -0.15) is 13.2 Å². The topological polar surface area (TPSA) is 15.3 Å². The molecule has 0 aliphatic carbocycles. The molecule has 0 aromatic heterocycles. The van der Waals surface area contributed by atoms with E-state index in [1.54, 1.807) is 0 Å². The van der Waals surface area contributed by atoms with Crippen molar-refractivity contribution in [1.29, 1.82) is 0 Å². The Morgan fingerprint density at radius 2 is 1.94 bits per heavy atom. The van der Waals surface area contributed by atoms with Gasteiger partial charge in [0, 0.05) is 25.6 Å². The van der Waals surface area contributed by atoms with E-state index in [4.69, 9.17) is 0 Å². The Balaban J connectivity index is 2.50. The molecule has 1 fully saturated rings.